The number of allylic oxidation sites excluding steroid dienone is 10. The highest BCUT2D eigenvalue weighted by atomic mass is 16.6. The second-order valence-corrected chi connectivity index (χ2v) is 19.1. The van der Waals surface area contributed by atoms with Crippen molar-refractivity contribution in [2.75, 3.05) is 41.0 Å². The zero-order valence-corrected chi connectivity index (χ0v) is 42.9. The van der Waals surface area contributed by atoms with Crippen LogP contribution in [-0.2, 0) is 28.6 Å². The Morgan fingerprint density at radius 3 is 1.28 bits per heavy atom. The highest BCUT2D eigenvalue weighted by Gasteiger charge is 2.25. The molecule has 0 aliphatic heterocycles. The van der Waals surface area contributed by atoms with E-state index in [-0.39, 0.29) is 49.1 Å². The molecule has 0 aliphatic rings. The van der Waals surface area contributed by atoms with Crippen molar-refractivity contribution in [3.8, 4) is 0 Å². The van der Waals surface area contributed by atoms with E-state index in [1.54, 1.807) is 21.1 Å². The van der Waals surface area contributed by atoms with Crippen molar-refractivity contribution in [3.63, 3.8) is 0 Å². The van der Waals surface area contributed by atoms with Gasteiger partial charge in [-0.05, 0) is 57.8 Å². The first-order chi connectivity index (χ1) is 31.6. The number of hydrogen-bond acceptors (Lipinski definition) is 7. The second kappa shape index (κ2) is 47.5. The number of carboxylic acids is 1. The largest absolute Gasteiger partial charge is 0.544 e. The van der Waals surface area contributed by atoms with Gasteiger partial charge in [-0.2, -0.15) is 0 Å². The Bertz CT molecular complexity index is 1250. The summed E-state index contributed by atoms with van der Waals surface area (Å²) in [6, 6.07) is -0.734. The van der Waals surface area contributed by atoms with Gasteiger partial charge in [0.1, 0.15) is 12.6 Å². The van der Waals surface area contributed by atoms with Crippen molar-refractivity contribution < 1.29 is 38.2 Å². The molecule has 0 radical (unpaired) electrons. The molecule has 376 valence electrons. The van der Waals surface area contributed by atoms with E-state index in [1.165, 1.54) is 122 Å². The molecule has 0 fully saturated rings. The maximum Gasteiger partial charge on any atom is 0.306 e. The van der Waals surface area contributed by atoms with Gasteiger partial charge in [-0.1, -0.05) is 216 Å². The number of carbonyl (C=O) groups is 3. The van der Waals surface area contributed by atoms with Crippen molar-refractivity contribution in [2.24, 2.45) is 0 Å². The molecular weight excluding hydrogens is 811 g/mol. The minimum atomic E-state index is -1.13. The summed E-state index contributed by atoms with van der Waals surface area (Å²) in [6.07, 6.45) is 59.8. The lowest BCUT2D eigenvalue weighted by molar-refractivity contribution is -0.889. The maximum atomic E-state index is 12.8. The summed E-state index contributed by atoms with van der Waals surface area (Å²) in [5.41, 5.74) is 0. The number of likely N-dealkylation sites (N-methyl/N-ethyl adjacent to an activating group) is 1. The van der Waals surface area contributed by atoms with E-state index in [9.17, 15) is 19.5 Å². The third-order valence-corrected chi connectivity index (χ3v) is 11.9. The summed E-state index contributed by atoms with van der Waals surface area (Å²) in [4.78, 5) is 37.1. The molecule has 0 aromatic heterocycles. The third-order valence-electron chi connectivity index (χ3n) is 11.9. The Hall–Kier alpha value is -2.97. The summed E-state index contributed by atoms with van der Waals surface area (Å²) in [7, 11) is 5.41. The third kappa shape index (κ3) is 46.0. The second-order valence-electron chi connectivity index (χ2n) is 19.1. The lowest BCUT2D eigenvalue weighted by atomic mass is 10.0. The van der Waals surface area contributed by atoms with Gasteiger partial charge in [-0.25, -0.2) is 0 Å². The highest BCUT2D eigenvalue weighted by Crippen LogP contribution is 2.16. The Kier molecular flexibility index (Phi) is 45.3. The SMILES string of the molecule is CC/C=C/C/C=C/C/C=C/C/C=C/C/C=C/CCCCCC(=O)OC(COCCC(C(=O)[O-])[N+](C)(C)C)COC(=O)CCCCCCCCCCCCCCCCCCCCCCCC. The Morgan fingerprint density at radius 1 is 0.477 bits per heavy atom. The van der Waals surface area contributed by atoms with Gasteiger partial charge >= 0.3 is 11.9 Å². The number of ether oxygens (including phenoxy) is 3. The van der Waals surface area contributed by atoms with Gasteiger partial charge in [-0.3, -0.25) is 9.59 Å². The van der Waals surface area contributed by atoms with Crippen LogP contribution < -0.4 is 5.11 Å². The van der Waals surface area contributed by atoms with Crippen LogP contribution in [0.2, 0.25) is 0 Å². The molecule has 65 heavy (non-hydrogen) atoms. The minimum Gasteiger partial charge on any atom is -0.544 e. The molecule has 0 bridgehead atoms. The van der Waals surface area contributed by atoms with Crippen LogP contribution in [0.5, 0.6) is 0 Å². The first kappa shape index (κ1) is 62.0. The quantitative estimate of drug-likeness (QED) is 0.0259. The summed E-state index contributed by atoms with van der Waals surface area (Å²) in [5, 5.41) is 11.7. The van der Waals surface area contributed by atoms with Gasteiger partial charge in [0.15, 0.2) is 6.10 Å². The van der Waals surface area contributed by atoms with Crippen LogP contribution in [0.1, 0.15) is 232 Å². The van der Waals surface area contributed by atoms with Crippen LogP contribution in [0.25, 0.3) is 0 Å². The Labute approximate surface area is 400 Å². The maximum absolute atomic E-state index is 12.8. The standard InChI is InChI=1S/C57H101NO7/c1-6-8-10-12-14-16-18-20-22-24-26-27-28-30-31-33-35-37-39-41-43-45-47-55(59)64-52-53(51-63-50-49-54(57(61)62)58(3,4)5)65-56(60)48-46-44-42-40-38-36-34-32-29-25-23-21-19-17-15-13-11-9-7-2/h9,11,15,17,21,23,29,32,36,38,53-54H,6-8,10,12-14,16,18-20,22,24-28,30-31,33-35,37,39-52H2,1-5H3/b11-9+,17-15+,23-21+,32-29+,38-36+. The molecule has 0 amide bonds. The van der Waals surface area contributed by atoms with E-state index in [4.69, 9.17) is 14.2 Å². The summed E-state index contributed by atoms with van der Waals surface area (Å²) in [6.45, 7) is 4.54. The molecule has 0 saturated carbocycles. The Balaban J connectivity index is 4.24. The van der Waals surface area contributed by atoms with Crippen LogP contribution in [0.15, 0.2) is 60.8 Å². The number of unbranched alkanes of at least 4 members (excludes halogenated alkanes) is 24. The monoisotopic (exact) mass is 912 g/mol. The average molecular weight is 912 g/mol. The smallest absolute Gasteiger partial charge is 0.306 e. The molecule has 0 aliphatic carbocycles. The molecule has 2 atom stereocenters. The van der Waals surface area contributed by atoms with Crippen LogP contribution in [0.3, 0.4) is 0 Å². The van der Waals surface area contributed by atoms with Gasteiger partial charge in [0.2, 0.25) is 0 Å². The molecule has 0 heterocycles. The van der Waals surface area contributed by atoms with Crippen LogP contribution in [0.4, 0.5) is 0 Å². The van der Waals surface area contributed by atoms with E-state index >= 15 is 0 Å². The zero-order valence-electron chi connectivity index (χ0n) is 42.9. The van der Waals surface area contributed by atoms with Gasteiger partial charge in [0.25, 0.3) is 0 Å². The summed E-state index contributed by atoms with van der Waals surface area (Å²) < 4.78 is 17.2. The summed E-state index contributed by atoms with van der Waals surface area (Å²) >= 11 is 0. The first-order valence-corrected chi connectivity index (χ1v) is 26.8. The van der Waals surface area contributed by atoms with E-state index in [0.717, 1.165) is 70.6 Å². The van der Waals surface area contributed by atoms with Crippen molar-refractivity contribution >= 4 is 17.9 Å². The zero-order chi connectivity index (χ0) is 47.7. The fourth-order valence-electron chi connectivity index (χ4n) is 7.81. The fourth-order valence-corrected chi connectivity index (χ4v) is 7.81. The number of rotatable bonds is 48. The molecular formula is C57H101NO7. The van der Waals surface area contributed by atoms with Crippen molar-refractivity contribution in [3.05, 3.63) is 60.8 Å². The van der Waals surface area contributed by atoms with Crippen LogP contribution in [0, 0.1) is 0 Å². The first-order valence-electron chi connectivity index (χ1n) is 26.8. The van der Waals surface area contributed by atoms with Gasteiger partial charge < -0.3 is 28.6 Å². The number of aliphatic carboxylic acids is 1. The van der Waals surface area contributed by atoms with E-state index < -0.39 is 18.1 Å². The molecule has 0 aromatic rings. The number of nitrogens with zero attached hydrogens (tertiary/aromatic N) is 1. The molecule has 0 N–H and O–H groups in total. The molecule has 0 spiro atoms. The number of hydrogen-bond donors (Lipinski definition) is 0. The van der Waals surface area contributed by atoms with Gasteiger partial charge in [-0.15, -0.1) is 0 Å². The van der Waals surface area contributed by atoms with E-state index in [1.807, 2.05) is 0 Å². The predicted octanol–water partition coefficient (Wildman–Crippen LogP) is 14.4. The molecule has 0 aromatic carbocycles. The molecule has 8 heteroatoms. The van der Waals surface area contributed by atoms with E-state index in [2.05, 4.69) is 74.6 Å². The Morgan fingerprint density at radius 2 is 0.862 bits per heavy atom. The number of esters is 2. The molecule has 0 saturated heterocycles. The van der Waals surface area contributed by atoms with Gasteiger partial charge in [0, 0.05) is 19.3 Å². The average Bonchev–Trinajstić information content (AvgIpc) is 3.27. The lowest BCUT2D eigenvalue weighted by Gasteiger charge is -2.34. The van der Waals surface area contributed by atoms with Gasteiger partial charge in [0.05, 0.1) is 40.3 Å². The van der Waals surface area contributed by atoms with Crippen molar-refractivity contribution in [2.45, 2.75) is 244 Å². The summed E-state index contributed by atoms with van der Waals surface area (Å²) in [5.74, 6) is -1.77. The minimum absolute atomic E-state index is 0.0272. The topological polar surface area (TPSA) is 102 Å². The molecule has 0 rings (SSSR count). The molecule has 2 unspecified atom stereocenters. The van der Waals surface area contributed by atoms with Crippen LogP contribution >= 0.6 is 0 Å². The highest BCUT2D eigenvalue weighted by molar-refractivity contribution is 5.70. The van der Waals surface area contributed by atoms with Crippen molar-refractivity contribution in [1.82, 2.24) is 0 Å². The number of quaternary nitrogens is 1. The van der Waals surface area contributed by atoms with Crippen molar-refractivity contribution in [1.29, 1.82) is 0 Å². The van der Waals surface area contributed by atoms with E-state index in [0.29, 0.717) is 12.8 Å². The normalized spacial score (nSPS) is 13.3. The predicted molar refractivity (Wildman–Crippen MR) is 273 cm³/mol. The lowest BCUT2D eigenvalue weighted by Crippen LogP contribution is -2.55. The van der Waals surface area contributed by atoms with Crippen LogP contribution in [-0.4, -0.2) is 75.5 Å². The number of carbonyl (C=O) groups excluding carboxylic acids is 3. The molecule has 8 nitrogen and oxygen atoms in total. The number of carboxylic acid groups (broad SMARTS) is 1. The fraction of sp³-hybridized carbons (Fsp3) is 0.772.